The average molecular weight is 216 g/mol. The lowest BCUT2D eigenvalue weighted by molar-refractivity contribution is 0.387. The number of rotatable bonds is 10. The molecule has 1 nitrogen and oxygen atoms in total. The predicted molar refractivity (Wildman–Crippen MR) is 65.1 cm³/mol. The summed E-state index contributed by atoms with van der Waals surface area (Å²) in [4.78, 5) is 0. The summed E-state index contributed by atoms with van der Waals surface area (Å²) in [7, 11) is 0. The summed E-state index contributed by atoms with van der Waals surface area (Å²) in [6.07, 6.45) is 13.1. The zero-order chi connectivity index (χ0) is 10.1. The van der Waals surface area contributed by atoms with Crippen molar-refractivity contribution >= 4 is 12.6 Å². The van der Waals surface area contributed by atoms with Crippen LogP contribution in [-0.2, 0) is 4.74 Å². The number of unbranched alkanes of at least 4 members (excludes halogenated alkanes) is 7. The molecule has 0 aromatic heterocycles. The highest BCUT2D eigenvalue weighted by atomic mass is 32.1. The second kappa shape index (κ2) is 8.60. The van der Waals surface area contributed by atoms with Gasteiger partial charge in [-0.1, -0.05) is 44.9 Å². The fourth-order valence-electron chi connectivity index (χ4n) is 1.78. The van der Waals surface area contributed by atoms with Gasteiger partial charge in [-0.3, -0.25) is 0 Å². The lowest BCUT2D eigenvalue weighted by Crippen LogP contribution is -1.86. The first kappa shape index (κ1) is 12.4. The SMILES string of the molecule is SCCCCCCCCCCC1CO1. The van der Waals surface area contributed by atoms with Crippen LogP contribution in [0.5, 0.6) is 0 Å². The second-order valence-electron chi connectivity index (χ2n) is 4.30. The highest BCUT2D eigenvalue weighted by molar-refractivity contribution is 7.80. The van der Waals surface area contributed by atoms with Crippen molar-refractivity contribution < 1.29 is 4.74 Å². The van der Waals surface area contributed by atoms with Crippen LogP contribution < -0.4 is 0 Å². The van der Waals surface area contributed by atoms with Crippen molar-refractivity contribution in [2.24, 2.45) is 0 Å². The molecule has 0 aromatic rings. The minimum Gasteiger partial charge on any atom is -0.373 e. The first-order valence-electron chi connectivity index (χ1n) is 6.16. The van der Waals surface area contributed by atoms with E-state index in [1.54, 1.807) is 0 Å². The van der Waals surface area contributed by atoms with Gasteiger partial charge in [0, 0.05) is 0 Å². The van der Waals surface area contributed by atoms with Gasteiger partial charge in [-0.2, -0.15) is 12.6 Å². The lowest BCUT2D eigenvalue weighted by Gasteiger charge is -2.00. The Hall–Kier alpha value is 0.310. The van der Waals surface area contributed by atoms with Gasteiger partial charge in [0.2, 0.25) is 0 Å². The highest BCUT2D eigenvalue weighted by Gasteiger charge is 2.20. The number of ether oxygens (including phenoxy) is 1. The third kappa shape index (κ3) is 7.69. The van der Waals surface area contributed by atoms with E-state index in [-0.39, 0.29) is 0 Å². The van der Waals surface area contributed by atoms with Crippen molar-refractivity contribution in [2.45, 2.75) is 63.9 Å². The van der Waals surface area contributed by atoms with Crippen molar-refractivity contribution in [1.29, 1.82) is 0 Å². The molecule has 1 aliphatic heterocycles. The van der Waals surface area contributed by atoms with Crippen molar-refractivity contribution in [3.05, 3.63) is 0 Å². The number of hydrogen-bond donors (Lipinski definition) is 1. The van der Waals surface area contributed by atoms with Crippen LogP contribution in [0.1, 0.15) is 57.8 Å². The zero-order valence-corrected chi connectivity index (χ0v) is 10.1. The largest absolute Gasteiger partial charge is 0.373 e. The van der Waals surface area contributed by atoms with Crippen LogP contribution in [0.3, 0.4) is 0 Å². The fraction of sp³-hybridized carbons (Fsp3) is 1.00. The van der Waals surface area contributed by atoms with E-state index < -0.39 is 0 Å². The van der Waals surface area contributed by atoms with Gasteiger partial charge in [-0.15, -0.1) is 0 Å². The minimum absolute atomic E-state index is 0.644. The second-order valence-corrected chi connectivity index (χ2v) is 4.74. The molecule has 14 heavy (non-hydrogen) atoms. The van der Waals surface area contributed by atoms with Crippen LogP contribution in [0.25, 0.3) is 0 Å². The van der Waals surface area contributed by atoms with Gasteiger partial charge in [0.1, 0.15) is 0 Å². The van der Waals surface area contributed by atoms with E-state index >= 15 is 0 Å². The molecule has 84 valence electrons. The van der Waals surface area contributed by atoms with Crippen LogP contribution in [0.2, 0.25) is 0 Å². The topological polar surface area (TPSA) is 12.5 Å². The fourth-order valence-corrected chi connectivity index (χ4v) is 2.00. The summed E-state index contributed by atoms with van der Waals surface area (Å²) in [6, 6.07) is 0. The van der Waals surface area contributed by atoms with Gasteiger partial charge >= 0.3 is 0 Å². The first-order chi connectivity index (χ1) is 6.93. The molecule has 0 N–H and O–H groups in total. The van der Waals surface area contributed by atoms with Gasteiger partial charge in [-0.25, -0.2) is 0 Å². The number of epoxide rings is 1. The Bertz CT molecular complexity index is 123. The maximum Gasteiger partial charge on any atom is 0.0810 e. The molecular formula is C12H24OS. The van der Waals surface area contributed by atoms with Gasteiger partial charge in [-0.05, 0) is 18.6 Å². The quantitative estimate of drug-likeness (QED) is 0.333. The van der Waals surface area contributed by atoms with Crippen LogP contribution in [-0.4, -0.2) is 18.5 Å². The molecule has 2 heteroatoms. The molecule has 1 rings (SSSR count). The molecule has 0 radical (unpaired) electrons. The Labute approximate surface area is 94.0 Å². The smallest absolute Gasteiger partial charge is 0.0810 e. The molecule has 0 spiro atoms. The first-order valence-corrected chi connectivity index (χ1v) is 6.79. The molecule has 0 amide bonds. The molecule has 1 fully saturated rings. The molecule has 1 atom stereocenters. The van der Waals surface area contributed by atoms with E-state index in [1.165, 1.54) is 57.8 Å². The maximum atomic E-state index is 5.17. The molecule has 0 bridgehead atoms. The maximum absolute atomic E-state index is 5.17. The predicted octanol–water partition coefficient (Wildman–Crippen LogP) is 3.83. The van der Waals surface area contributed by atoms with E-state index in [0.29, 0.717) is 6.10 Å². The molecule has 1 unspecified atom stereocenters. The Balaban J connectivity index is 1.63. The molecular weight excluding hydrogens is 192 g/mol. The Morgan fingerprint density at radius 3 is 1.86 bits per heavy atom. The van der Waals surface area contributed by atoms with Crippen LogP contribution in [0, 0.1) is 0 Å². The summed E-state index contributed by atoms with van der Waals surface area (Å²) >= 11 is 4.20. The summed E-state index contributed by atoms with van der Waals surface area (Å²) in [5.74, 6) is 1.06. The summed E-state index contributed by atoms with van der Waals surface area (Å²) < 4.78 is 5.17. The van der Waals surface area contributed by atoms with E-state index in [2.05, 4.69) is 12.6 Å². The lowest BCUT2D eigenvalue weighted by atomic mass is 10.1. The van der Waals surface area contributed by atoms with E-state index in [4.69, 9.17) is 4.74 Å². The zero-order valence-electron chi connectivity index (χ0n) is 9.21. The van der Waals surface area contributed by atoms with Crippen LogP contribution in [0.4, 0.5) is 0 Å². The molecule has 0 aromatic carbocycles. The standard InChI is InChI=1S/C12H24OS/c14-10-8-6-4-2-1-3-5-7-9-12-11-13-12/h12,14H,1-11H2. The van der Waals surface area contributed by atoms with Crippen molar-refractivity contribution in [3.63, 3.8) is 0 Å². The van der Waals surface area contributed by atoms with Gasteiger partial charge < -0.3 is 4.74 Å². The minimum atomic E-state index is 0.644. The summed E-state index contributed by atoms with van der Waals surface area (Å²) in [5.41, 5.74) is 0. The molecule has 1 aliphatic rings. The van der Waals surface area contributed by atoms with Crippen molar-refractivity contribution in [2.75, 3.05) is 12.4 Å². The molecule has 0 saturated carbocycles. The third-order valence-corrected chi connectivity index (χ3v) is 3.15. The number of hydrogen-bond acceptors (Lipinski definition) is 2. The summed E-state index contributed by atoms with van der Waals surface area (Å²) in [5, 5.41) is 0. The van der Waals surface area contributed by atoms with E-state index in [0.717, 1.165) is 12.4 Å². The van der Waals surface area contributed by atoms with Crippen LogP contribution >= 0.6 is 12.6 Å². The molecule has 1 heterocycles. The van der Waals surface area contributed by atoms with Gasteiger partial charge in [0.15, 0.2) is 0 Å². The van der Waals surface area contributed by atoms with Gasteiger partial charge in [0.25, 0.3) is 0 Å². The van der Waals surface area contributed by atoms with E-state index in [9.17, 15) is 0 Å². The molecule has 1 saturated heterocycles. The molecule has 0 aliphatic carbocycles. The average Bonchev–Trinajstić information content (AvgIpc) is 2.99. The van der Waals surface area contributed by atoms with E-state index in [1.807, 2.05) is 0 Å². The highest BCUT2D eigenvalue weighted by Crippen LogP contribution is 2.18. The number of thiol groups is 1. The van der Waals surface area contributed by atoms with Gasteiger partial charge in [0.05, 0.1) is 12.7 Å². The third-order valence-electron chi connectivity index (χ3n) is 2.84. The van der Waals surface area contributed by atoms with Crippen molar-refractivity contribution in [3.8, 4) is 0 Å². The Morgan fingerprint density at radius 2 is 1.36 bits per heavy atom. The normalized spacial score (nSPS) is 19.9. The Morgan fingerprint density at radius 1 is 0.857 bits per heavy atom. The monoisotopic (exact) mass is 216 g/mol. The van der Waals surface area contributed by atoms with Crippen LogP contribution in [0.15, 0.2) is 0 Å². The Kier molecular flexibility index (Phi) is 7.61. The van der Waals surface area contributed by atoms with Crippen molar-refractivity contribution in [1.82, 2.24) is 0 Å². The summed E-state index contributed by atoms with van der Waals surface area (Å²) in [6.45, 7) is 1.03.